The summed E-state index contributed by atoms with van der Waals surface area (Å²) < 4.78 is 67.5. The van der Waals surface area contributed by atoms with Crippen molar-refractivity contribution in [2.45, 2.75) is 51.5 Å². The van der Waals surface area contributed by atoms with Gasteiger partial charge in [0.05, 0.1) is 21.4 Å². The second kappa shape index (κ2) is 17.9. The van der Waals surface area contributed by atoms with Crippen molar-refractivity contribution in [1.82, 2.24) is 4.90 Å². The highest BCUT2D eigenvalue weighted by Crippen LogP contribution is 2.38. The van der Waals surface area contributed by atoms with Gasteiger partial charge < -0.3 is 9.45 Å². The number of allylic oxidation sites excluding steroid dienone is 9. The van der Waals surface area contributed by atoms with Crippen LogP contribution in [-0.2, 0) is 26.8 Å². The second-order valence-corrected chi connectivity index (χ2v) is 16.1. The fraction of sp³-hybridized carbons (Fsp3) is 0.275. The van der Waals surface area contributed by atoms with Gasteiger partial charge in [0.1, 0.15) is 6.54 Å². The molecule has 0 bridgehead atoms. The first-order valence-corrected chi connectivity index (χ1v) is 20.7. The number of aromatic nitrogens is 1. The van der Waals surface area contributed by atoms with Gasteiger partial charge in [0.15, 0.2) is 6.20 Å². The van der Waals surface area contributed by atoms with Crippen molar-refractivity contribution >= 4 is 43.0 Å². The number of nitrogens with zero attached hydrogens (tertiary/aromatic N) is 2. The highest BCUT2D eigenvalue weighted by atomic mass is 35.5. The maximum absolute atomic E-state index is 11.3. The second-order valence-electron chi connectivity index (χ2n) is 12.6. The Kier molecular flexibility index (Phi) is 13.4. The lowest BCUT2D eigenvalue weighted by Crippen LogP contribution is -2.38. The Morgan fingerprint density at radius 1 is 0.843 bits per heavy atom. The molecule has 51 heavy (non-hydrogen) atoms. The van der Waals surface area contributed by atoms with Crippen LogP contribution in [0.2, 0.25) is 0 Å². The zero-order valence-corrected chi connectivity index (χ0v) is 30.8. The molecule has 0 saturated heterocycles. The van der Waals surface area contributed by atoms with E-state index in [-0.39, 0.29) is 17.9 Å². The minimum atomic E-state index is -4.26. The SMILES string of the molecule is O=S(=O)([O-])CCCCN1C=CC=C/C1=C(\C=C1/CCCC(/C=C(\c2ccccc2)c2cccc[n+]2CCCCS(=O)(=O)O)=C1Cl)c1ccccc1. The predicted molar refractivity (Wildman–Crippen MR) is 203 cm³/mol. The summed E-state index contributed by atoms with van der Waals surface area (Å²) >= 11 is 7.33. The largest absolute Gasteiger partial charge is 0.748 e. The molecule has 5 rings (SSSR count). The van der Waals surface area contributed by atoms with Gasteiger partial charge in [-0.3, -0.25) is 4.55 Å². The van der Waals surface area contributed by atoms with Crippen LogP contribution < -0.4 is 4.57 Å². The van der Waals surface area contributed by atoms with Crippen molar-refractivity contribution in [2.75, 3.05) is 18.1 Å². The van der Waals surface area contributed by atoms with Crippen LogP contribution in [0.15, 0.2) is 144 Å². The Labute approximate surface area is 307 Å². The number of aryl methyl sites for hydroxylation is 1. The average Bonchev–Trinajstić information content (AvgIpc) is 3.11. The number of benzene rings is 2. The van der Waals surface area contributed by atoms with E-state index in [1.807, 2.05) is 79.2 Å². The number of unbranched alkanes of at least 4 members (excludes halogenated alkanes) is 2. The molecule has 1 aromatic heterocycles. The van der Waals surface area contributed by atoms with E-state index in [1.54, 1.807) is 0 Å². The number of rotatable bonds is 15. The Morgan fingerprint density at radius 3 is 2.24 bits per heavy atom. The minimum Gasteiger partial charge on any atom is -0.748 e. The van der Waals surface area contributed by atoms with E-state index in [2.05, 4.69) is 52.0 Å². The molecule has 1 aliphatic carbocycles. The summed E-state index contributed by atoms with van der Waals surface area (Å²) in [6.07, 6.45) is 18.5. The summed E-state index contributed by atoms with van der Waals surface area (Å²) in [6, 6.07) is 26.2. The Balaban J connectivity index is 1.55. The molecule has 0 spiro atoms. The maximum Gasteiger partial charge on any atom is 0.264 e. The summed E-state index contributed by atoms with van der Waals surface area (Å²) in [6.45, 7) is 1.13. The molecule has 0 fully saturated rings. The fourth-order valence-electron chi connectivity index (χ4n) is 6.32. The predicted octanol–water partition coefficient (Wildman–Crippen LogP) is 7.80. The molecule has 0 unspecified atom stereocenters. The molecule has 0 saturated carbocycles. The lowest BCUT2D eigenvalue weighted by Gasteiger charge is -2.27. The molecular weight excluding hydrogens is 704 g/mol. The van der Waals surface area contributed by atoms with E-state index in [0.717, 1.165) is 64.1 Å². The molecule has 2 aliphatic rings. The number of pyridine rings is 1. The van der Waals surface area contributed by atoms with E-state index in [0.29, 0.717) is 37.4 Å². The number of hydrogen-bond donors (Lipinski definition) is 1. The lowest BCUT2D eigenvalue weighted by atomic mass is 9.89. The molecule has 11 heteroatoms. The third-order valence-corrected chi connectivity index (χ3v) is 10.9. The summed E-state index contributed by atoms with van der Waals surface area (Å²) in [5, 5.41) is 0.696. The van der Waals surface area contributed by atoms with Crippen molar-refractivity contribution in [3.05, 3.63) is 160 Å². The van der Waals surface area contributed by atoms with Crippen molar-refractivity contribution in [3.63, 3.8) is 0 Å². The average molecular weight is 747 g/mol. The van der Waals surface area contributed by atoms with Crippen LogP contribution >= 0.6 is 11.6 Å². The molecule has 1 aliphatic heterocycles. The Bertz CT molecular complexity index is 2090. The fourth-order valence-corrected chi connectivity index (χ4v) is 7.74. The van der Waals surface area contributed by atoms with E-state index >= 15 is 0 Å². The van der Waals surface area contributed by atoms with Crippen LogP contribution in [0, 0.1) is 0 Å². The number of hydrogen-bond acceptors (Lipinski definition) is 6. The molecular formula is C40H43ClN2O6S2. The standard InChI is InChI=1S/C40H43ClN2O6S2/c41-40-34(30-36(32-16-3-1-4-17-32)38-22-7-9-24-42(38)26-11-13-28-50(44,45)46)20-15-21-35(40)31-37(33-18-5-2-6-19-33)39-23-8-10-25-43(39)27-12-14-29-51(47,48)49/h1-10,16-19,22-25,30-31H,11-15,20-21,26-29H2,(H-,44,45,46,47,48,49). The third kappa shape index (κ3) is 11.5. The molecule has 0 radical (unpaired) electrons. The summed E-state index contributed by atoms with van der Waals surface area (Å²) in [5.41, 5.74) is 7.97. The van der Waals surface area contributed by atoms with Crippen LogP contribution in [-0.4, -0.2) is 48.9 Å². The first-order valence-electron chi connectivity index (χ1n) is 17.1. The van der Waals surface area contributed by atoms with Gasteiger partial charge in [0, 0.05) is 53.4 Å². The van der Waals surface area contributed by atoms with Crippen molar-refractivity contribution in [1.29, 1.82) is 0 Å². The minimum absolute atomic E-state index is 0.272. The van der Waals surface area contributed by atoms with Gasteiger partial charge in [0.2, 0.25) is 5.69 Å². The zero-order chi connectivity index (χ0) is 36.3. The molecule has 268 valence electrons. The van der Waals surface area contributed by atoms with Gasteiger partial charge in [-0.1, -0.05) is 78.3 Å². The van der Waals surface area contributed by atoms with Crippen LogP contribution in [0.5, 0.6) is 0 Å². The quantitative estimate of drug-likeness (QED) is 0.0958. The highest BCUT2D eigenvalue weighted by Gasteiger charge is 2.22. The lowest BCUT2D eigenvalue weighted by molar-refractivity contribution is -0.699. The van der Waals surface area contributed by atoms with Crippen molar-refractivity contribution in [2.24, 2.45) is 0 Å². The summed E-state index contributed by atoms with van der Waals surface area (Å²) in [7, 11) is -8.28. The van der Waals surface area contributed by atoms with Crippen LogP contribution in [0.3, 0.4) is 0 Å². The van der Waals surface area contributed by atoms with Gasteiger partial charge in [-0.05, 0) is 91.2 Å². The van der Waals surface area contributed by atoms with Gasteiger partial charge in [-0.25, -0.2) is 8.42 Å². The van der Waals surface area contributed by atoms with Gasteiger partial charge in [-0.15, -0.1) is 0 Å². The highest BCUT2D eigenvalue weighted by molar-refractivity contribution is 7.85. The topological polar surface area (TPSA) is 119 Å². The number of halogens is 1. The van der Waals surface area contributed by atoms with Gasteiger partial charge >= 0.3 is 0 Å². The van der Waals surface area contributed by atoms with Gasteiger partial charge in [0.25, 0.3) is 10.1 Å². The first kappa shape index (κ1) is 38.2. The summed E-state index contributed by atoms with van der Waals surface area (Å²) in [4.78, 5) is 2.09. The normalized spacial score (nSPS) is 17.4. The Hall–Kier alpha value is -4.06. The molecule has 1 N–H and O–H groups in total. The van der Waals surface area contributed by atoms with E-state index < -0.39 is 20.2 Å². The zero-order valence-electron chi connectivity index (χ0n) is 28.4. The Morgan fingerprint density at radius 2 is 1.53 bits per heavy atom. The van der Waals surface area contributed by atoms with E-state index in [4.69, 9.17) is 11.6 Å². The summed E-state index contributed by atoms with van der Waals surface area (Å²) in [5.74, 6) is -0.654. The molecule has 8 nitrogen and oxygen atoms in total. The first-order chi connectivity index (χ1) is 24.5. The maximum atomic E-state index is 11.3. The van der Waals surface area contributed by atoms with Crippen LogP contribution in [0.4, 0.5) is 0 Å². The van der Waals surface area contributed by atoms with Crippen LogP contribution in [0.25, 0.3) is 11.1 Å². The van der Waals surface area contributed by atoms with E-state index in [9.17, 15) is 25.9 Å². The molecule has 3 aromatic rings. The third-order valence-electron chi connectivity index (χ3n) is 8.79. The van der Waals surface area contributed by atoms with Crippen molar-refractivity contribution < 1.29 is 30.5 Å². The molecule has 0 amide bonds. The monoisotopic (exact) mass is 746 g/mol. The van der Waals surface area contributed by atoms with Crippen molar-refractivity contribution in [3.8, 4) is 0 Å². The molecule has 2 aromatic carbocycles. The molecule has 2 heterocycles. The van der Waals surface area contributed by atoms with Gasteiger partial charge in [-0.2, -0.15) is 13.0 Å². The smallest absolute Gasteiger partial charge is 0.264 e. The van der Waals surface area contributed by atoms with Crippen LogP contribution in [0.1, 0.15) is 61.8 Å². The molecule has 0 atom stereocenters. The van der Waals surface area contributed by atoms with E-state index in [1.165, 1.54) is 0 Å².